The van der Waals surface area contributed by atoms with Crippen LogP contribution in [-0.2, 0) is 0 Å². The van der Waals surface area contributed by atoms with Gasteiger partial charge < -0.3 is 15.1 Å². The number of anilines is 2. The maximum atomic E-state index is 5.99. The Labute approximate surface area is 101 Å². The minimum absolute atomic E-state index is 0.448. The fourth-order valence-corrected chi connectivity index (χ4v) is 1.54. The molecule has 0 unspecified atom stereocenters. The molecule has 0 bridgehead atoms. The molecule has 1 N–H and O–H groups in total. The Morgan fingerprint density at radius 2 is 1.94 bits per heavy atom. The van der Waals surface area contributed by atoms with Crippen molar-refractivity contribution in [1.82, 2.24) is 14.9 Å². The van der Waals surface area contributed by atoms with E-state index in [9.17, 15) is 0 Å². The summed E-state index contributed by atoms with van der Waals surface area (Å²) in [4.78, 5) is 12.4. The standard InChI is InChI=1S/C10H18ClN5/c1-12-8-9(11)13-7-14-10(8)16(4)6-5-15(2)3/h7,12H,5-6H2,1-4H3. The molecule has 16 heavy (non-hydrogen) atoms. The summed E-state index contributed by atoms with van der Waals surface area (Å²) in [6.45, 7) is 1.84. The average molecular weight is 244 g/mol. The van der Waals surface area contributed by atoms with Crippen molar-refractivity contribution in [2.45, 2.75) is 0 Å². The van der Waals surface area contributed by atoms with Crippen LogP contribution in [0.1, 0.15) is 0 Å². The van der Waals surface area contributed by atoms with Gasteiger partial charge >= 0.3 is 0 Å². The Bertz CT molecular complexity index is 342. The van der Waals surface area contributed by atoms with Gasteiger partial charge in [0.05, 0.1) is 0 Å². The Hall–Kier alpha value is -1.07. The topological polar surface area (TPSA) is 44.3 Å². The molecule has 6 heteroatoms. The summed E-state index contributed by atoms with van der Waals surface area (Å²) in [6, 6.07) is 0. The van der Waals surface area contributed by atoms with E-state index in [0.29, 0.717) is 5.15 Å². The molecule has 0 aliphatic carbocycles. The van der Waals surface area contributed by atoms with Crippen molar-refractivity contribution in [3.8, 4) is 0 Å². The van der Waals surface area contributed by atoms with Gasteiger partial charge in [-0.2, -0.15) is 0 Å². The molecule has 0 radical (unpaired) electrons. The number of nitrogens with one attached hydrogen (secondary N) is 1. The molecular weight excluding hydrogens is 226 g/mol. The predicted molar refractivity (Wildman–Crippen MR) is 68.4 cm³/mol. The first-order chi connectivity index (χ1) is 7.56. The van der Waals surface area contributed by atoms with Crippen molar-refractivity contribution in [1.29, 1.82) is 0 Å². The molecule has 1 aromatic rings. The van der Waals surface area contributed by atoms with Gasteiger partial charge in [0, 0.05) is 27.2 Å². The van der Waals surface area contributed by atoms with E-state index in [1.54, 1.807) is 0 Å². The summed E-state index contributed by atoms with van der Waals surface area (Å²) in [5.41, 5.74) is 0.769. The lowest BCUT2D eigenvalue weighted by atomic mass is 10.4. The second-order valence-electron chi connectivity index (χ2n) is 3.84. The van der Waals surface area contributed by atoms with Gasteiger partial charge in [-0.25, -0.2) is 9.97 Å². The van der Waals surface area contributed by atoms with Gasteiger partial charge in [0.1, 0.15) is 12.0 Å². The lowest BCUT2D eigenvalue weighted by Gasteiger charge is -2.22. The number of halogens is 1. The molecule has 1 rings (SSSR count). The summed E-state index contributed by atoms with van der Waals surface area (Å²) >= 11 is 5.99. The molecule has 0 aliphatic heterocycles. The number of likely N-dealkylation sites (N-methyl/N-ethyl adjacent to an activating group) is 2. The van der Waals surface area contributed by atoms with Crippen LogP contribution in [0.5, 0.6) is 0 Å². The summed E-state index contributed by atoms with van der Waals surface area (Å²) in [5.74, 6) is 0.823. The number of rotatable bonds is 5. The van der Waals surface area contributed by atoms with E-state index in [1.807, 2.05) is 28.2 Å². The van der Waals surface area contributed by atoms with Gasteiger partial charge in [-0.05, 0) is 14.1 Å². The molecule has 0 fully saturated rings. The highest BCUT2D eigenvalue weighted by atomic mass is 35.5. The first kappa shape index (κ1) is 13.0. The predicted octanol–water partition coefficient (Wildman–Crippen LogP) is 1.17. The van der Waals surface area contributed by atoms with E-state index < -0.39 is 0 Å². The molecule has 0 spiro atoms. The largest absolute Gasteiger partial charge is 0.383 e. The van der Waals surface area contributed by atoms with E-state index >= 15 is 0 Å². The summed E-state index contributed by atoms with van der Waals surface area (Å²) in [5, 5.41) is 3.47. The summed E-state index contributed by atoms with van der Waals surface area (Å²) in [7, 11) is 7.89. The smallest absolute Gasteiger partial charge is 0.157 e. The zero-order valence-electron chi connectivity index (χ0n) is 10.2. The van der Waals surface area contributed by atoms with Gasteiger partial charge in [-0.15, -0.1) is 0 Å². The average Bonchev–Trinajstić information content (AvgIpc) is 2.25. The number of nitrogens with zero attached hydrogens (tertiary/aromatic N) is 4. The molecule has 1 heterocycles. The Balaban J connectivity index is 2.82. The van der Waals surface area contributed by atoms with E-state index in [2.05, 4.69) is 25.1 Å². The Morgan fingerprint density at radius 3 is 2.50 bits per heavy atom. The van der Waals surface area contributed by atoms with Crippen molar-refractivity contribution in [2.75, 3.05) is 51.5 Å². The Morgan fingerprint density at radius 1 is 1.25 bits per heavy atom. The van der Waals surface area contributed by atoms with Crippen molar-refractivity contribution >= 4 is 23.1 Å². The second-order valence-corrected chi connectivity index (χ2v) is 4.20. The highest BCUT2D eigenvalue weighted by Crippen LogP contribution is 2.27. The molecule has 0 aliphatic rings. The van der Waals surface area contributed by atoms with Gasteiger partial charge in [0.2, 0.25) is 0 Å². The highest BCUT2D eigenvalue weighted by Gasteiger charge is 2.12. The van der Waals surface area contributed by atoms with E-state index in [1.165, 1.54) is 6.33 Å². The molecule has 1 aromatic heterocycles. The monoisotopic (exact) mass is 243 g/mol. The quantitative estimate of drug-likeness (QED) is 0.787. The third kappa shape index (κ3) is 3.21. The van der Waals surface area contributed by atoms with E-state index in [-0.39, 0.29) is 0 Å². The van der Waals surface area contributed by atoms with Crippen LogP contribution in [0.25, 0.3) is 0 Å². The van der Waals surface area contributed by atoms with Gasteiger partial charge in [0.25, 0.3) is 0 Å². The summed E-state index contributed by atoms with van der Waals surface area (Å²) in [6.07, 6.45) is 1.48. The molecular formula is C10H18ClN5. The third-order valence-electron chi connectivity index (χ3n) is 2.28. The fourth-order valence-electron chi connectivity index (χ4n) is 1.32. The van der Waals surface area contributed by atoms with Crippen molar-refractivity contribution in [3.63, 3.8) is 0 Å². The zero-order chi connectivity index (χ0) is 12.1. The van der Waals surface area contributed by atoms with Gasteiger partial charge in [0.15, 0.2) is 11.0 Å². The van der Waals surface area contributed by atoms with Crippen LogP contribution < -0.4 is 10.2 Å². The molecule has 5 nitrogen and oxygen atoms in total. The molecule has 0 aromatic carbocycles. The van der Waals surface area contributed by atoms with Crippen molar-refractivity contribution in [2.24, 2.45) is 0 Å². The van der Waals surface area contributed by atoms with Crippen LogP contribution in [0.4, 0.5) is 11.5 Å². The van der Waals surface area contributed by atoms with Crippen molar-refractivity contribution in [3.05, 3.63) is 11.5 Å². The normalized spacial score (nSPS) is 10.6. The first-order valence-electron chi connectivity index (χ1n) is 5.10. The van der Waals surface area contributed by atoms with Gasteiger partial charge in [-0.1, -0.05) is 11.6 Å². The maximum Gasteiger partial charge on any atom is 0.157 e. The molecule has 0 amide bonds. The highest BCUT2D eigenvalue weighted by molar-refractivity contribution is 6.32. The first-order valence-corrected chi connectivity index (χ1v) is 5.48. The van der Waals surface area contributed by atoms with Crippen LogP contribution in [-0.4, -0.2) is 56.1 Å². The van der Waals surface area contributed by atoms with Crippen molar-refractivity contribution < 1.29 is 0 Å². The minimum Gasteiger partial charge on any atom is -0.383 e. The number of aromatic nitrogens is 2. The van der Waals surface area contributed by atoms with E-state index in [0.717, 1.165) is 24.6 Å². The lowest BCUT2D eigenvalue weighted by Crippen LogP contribution is -2.29. The molecule has 0 saturated heterocycles. The van der Waals surface area contributed by atoms with Gasteiger partial charge in [-0.3, -0.25) is 0 Å². The fraction of sp³-hybridized carbons (Fsp3) is 0.600. The van der Waals surface area contributed by atoms with Crippen LogP contribution in [0, 0.1) is 0 Å². The molecule has 90 valence electrons. The number of hydrogen-bond donors (Lipinski definition) is 1. The Kier molecular flexibility index (Phi) is 4.76. The van der Waals surface area contributed by atoms with Crippen LogP contribution in [0.3, 0.4) is 0 Å². The maximum absolute atomic E-state index is 5.99. The SMILES string of the molecule is CNc1c(Cl)ncnc1N(C)CCN(C)C. The second kappa shape index (κ2) is 5.86. The summed E-state index contributed by atoms with van der Waals surface area (Å²) < 4.78 is 0. The minimum atomic E-state index is 0.448. The van der Waals surface area contributed by atoms with E-state index in [4.69, 9.17) is 11.6 Å². The molecule has 0 atom stereocenters. The zero-order valence-corrected chi connectivity index (χ0v) is 10.9. The number of hydrogen-bond acceptors (Lipinski definition) is 5. The van der Waals surface area contributed by atoms with Crippen LogP contribution in [0.15, 0.2) is 6.33 Å². The van der Waals surface area contributed by atoms with Crippen LogP contribution >= 0.6 is 11.6 Å². The third-order valence-corrected chi connectivity index (χ3v) is 2.56. The molecule has 0 saturated carbocycles. The lowest BCUT2D eigenvalue weighted by molar-refractivity contribution is 0.416. The van der Waals surface area contributed by atoms with Crippen LogP contribution in [0.2, 0.25) is 5.15 Å².